The summed E-state index contributed by atoms with van der Waals surface area (Å²) in [6.07, 6.45) is 1.75. The average Bonchev–Trinajstić information content (AvgIpc) is 2.95. The number of carbonyl (C=O) groups excluding carboxylic acids is 1. The zero-order chi connectivity index (χ0) is 15.2. The summed E-state index contributed by atoms with van der Waals surface area (Å²) in [4.78, 5) is 23.8. The smallest absolute Gasteiger partial charge is 0.323 e. The third kappa shape index (κ3) is 3.91. The minimum absolute atomic E-state index is 0.00103. The van der Waals surface area contributed by atoms with Gasteiger partial charge in [-0.1, -0.05) is 6.07 Å². The fraction of sp³-hybridized carbons (Fsp3) is 0.500. The van der Waals surface area contributed by atoms with Crippen molar-refractivity contribution in [1.29, 1.82) is 0 Å². The third-order valence-corrected chi connectivity index (χ3v) is 3.51. The van der Waals surface area contributed by atoms with Gasteiger partial charge in [0.15, 0.2) is 0 Å². The molecule has 1 unspecified atom stereocenters. The molecule has 0 aromatic heterocycles. The lowest BCUT2D eigenvalue weighted by molar-refractivity contribution is -0.384. The summed E-state index contributed by atoms with van der Waals surface area (Å²) >= 11 is 0. The lowest BCUT2D eigenvalue weighted by Crippen LogP contribution is -2.39. The van der Waals surface area contributed by atoms with Gasteiger partial charge >= 0.3 is 5.97 Å². The van der Waals surface area contributed by atoms with Gasteiger partial charge in [-0.2, -0.15) is 0 Å². The molecule has 1 aliphatic rings. The fourth-order valence-corrected chi connectivity index (χ4v) is 2.46. The molecular weight excluding hydrogens is 276 g/mol. The molecule has 114 valence electrons. The van der Waals surface area contributed by atoms with Crippen LogP contribution in [0.3, 0.4) is 0 Å². The lowest BCUT2D eigenvalue weighted by Gasteiger charge is -2.22. The Bertz CT molecular complexity index is 520. The van der Waals surface area contributed by atoms with Crippen LogP contribution >= 0.6 is 0 Å². The molecule has 1 aliphatic heterocycles. The number of likely N-dealkylation sites (tertiary alicyclic amines) is 1. The van der Waals surface area contributed by atoms with Crippen LogP contribution in [0, 0.1) is 10.1 Å². The van der Waals surface area contributed by atoms with Gasteiger partial charge < -0.3 is 9.47 Å². The van der Waals surface area contributed by atoms with Crippen molar-refractivity contribution in [2.45, 2.75) is 18.9 Å². The first-order valence-corrected chi connectivity index (χ1v) is 6.81. The molecule has 1 saturated heterocycles. The molecule has 0 bridgehead atoms. The summed E-state index contributed by atoms with van der Waals surface area (Å²) < 4.78 is 10.3. The summed E-state index contributed by atoms with van der Waals surface area (Å²) in [5.41, 5.74) is 0.00103. The number of esters is 1. The van der Waals surface area contributed by atoms with Gasteiger partial charge in [-0.25, -0.2) is 0 Å². The Morgan fingerprint density at radius 2 is 2.33 bits per heavy atom. The van der Waals surface area contributed by atoms with E-state index in [-0.39, 0.29) is 17.7 Å². The van der Waals surface area contributed by atoms with Crippen molar-refractivity contribution in [1.82, 2.24) is 4.90 Å². The molecule has 0 spiro atoms. The maximum atomic E-state index is 11.6. The number of nitrogens with zero attached hydrogens (tertiary/aromatic N) is 2. The van der Waals surface area contributed by atoms with E-state index in [1.165, 1.54) is 19.2 Å². The molecule has 7 nitrogen and oxygen atoms in total. The highest BCUT2D eigenvalue weighted by Crippen LogP contribution is 2.20. The Hall–Kier alpha value is -2.15. The largest absolute Gasteiger partial charge is 0.492 e. The van der Waals surface area contributed by atoms with Crippen molar-refractivity contribution in [3.05, 3.63) is 34.4 Å². The summed E-state index contributed by atoms with van der Waals surface area (Å²) in [7, 11) is 1.39. The fourth-order valence-electron chi connectivity index (χ4n) is 2.46. The normalized spacial score (nSPS) is 18.4. The standard InChI is InChI=1S/C14H18N2O5/c1-20-14(17)13-6-3-7-15(13)8-9-21-12-5-2-4-11(10-12)16(18)19/h2,4-5,10,13H,3,6-9H2,1H3. The monoisotopic (exact) mass is 294 g/mol. The van der Waals surface area contributed by atoms with E-state index in [0.29, 0.717) is 18.9 Å². The zero-order valence-corrected chi connectivity index (χ0v) is 11.9. The predicted octanol–water partition coefficient (Wildman–Crippen LogP) is 1.61. The lowest BCUT2D eigenvalue weighted by atomic mass is 10.2. The van der Waals surface area contributed by atoms with Crippen LogP contribution in [0.4, 0.5) is 5.69 Å². The number of ether oxygens (including phenoxy) is 2. The first-order chi connectivity index (χ1) is 10.1. The Morgan fingerprint density at radius 3 is 3.05 bits per heavy atom. The van der Waals surface area contributed by atoms with E-state index in [4.69, 9.17) is 9.47 Å². The third-order valence-electron chi connectivity index (χ3n) is 3.51. The van der Waals surface area contributed by atoms with Crippen molar-refractivity contribution in [3.8, 4) is 5.75 Å². The number of non-ortho nitro benzene ring substituents is 1. The molecular formula is C14H18N2O5. The molecule has 0 amide bonds. The van der Waals surface area contributed by atoms with E-state index < -0.39 is 4.92 Å². The number of nitro benzene ring substituents is 1. The topological polar surface area (TPSA) is 81.9 Å². The first kappa shape index (κ1) is 15.2. The second kappa shape index (κ2) is 7.03. The highest BCUT2D eigenvalue weighted by molar-refractivity contribution is 5.75. The molecule has 1 atom stereocenters. The average molecular weight is 294 g/mol. The molecule has 7 heteroatoms. The Balaban J connectivity index is 1.85. The van der Waals surface area contributed by atoms with Gasteiger partial charge in [-0.05, 0) is 25.5 Å². The van der Waals surface area contributed by atoms with Gasteiger partial charge in [-0.3, -0.25) is 19.8 Å². The van der Waals surface area contributed by atoms with Crippen LogP contribution in [-0.2, 0) is 9.53 Å². The Kier molecular flexibility index (Phi) is 5.10. The van der Waals surface area contributed by atoms with Crippen LogP contribution in [0.5, 0.6) is 5.75 Å². The van der Waals surface area contributed by atoms with Crippen molar-refractivity contribution in [2.24, 2.45) is 0 Å². The zero-order valence-electron chi connectivity index (χ0n) is 11.9. The number of nitro groups is 1. The van der Waals surface area contributed by atoms with Crippen LogP contribution in [0.25, 0.3) is 0 Å². The predicted molar refractivity (Wildman–Crippen MR) is 75.2 cm³/mol. The molecule has 1 fully saturated rings. The summed E-state index contributed by atoms with van der Waals surface area (Å²) in [5.74, 6) is 0.237. The second-order valence-electron chi connectivity index (χ2n) is 4.82. The highest BCUT2D eigenvalue weighted by atomic mass is 16.6. The molecule has 2 rings (SSSR count). The maximum absolute atomic E-state index is 11.6. The summed E-state index contributed by atoms with van der Waals surface area (Å²) in [6.45, 7) is 1.79. The van der Waals surface area contributed by atoms with E-state index >= 15 is 0 Å². The van der Waals surface area contributed by atoms with Crippen molar-refractivity contribution >= 4 is 11.7 Å². The van der Waals surface area contributed by atoms with Crippen LogP contribution in [-0.4, -0.2) is 48.6 Å². The molecule has 0 aliphatic carbocycles. The van der Waals surface area contributed by atoms with Gasteiger partial charge in [-0.15, -0.1) is 0 Å². The van der Waals surface area contributed by atoms with Crippen LogP contribution in [0.1, 0.15) is 12.8 Å². The quantitative estimate of drug-likeness (QED) is 0.450. The minimum atomic E-state index is -0.458. The van der Waals surface area contributed by atoms with Crippen molar-refractivity contribution in [3.63, 3.8) is 0 Å². The summed E-state index contributed by atoms with van der Waals surface area (Å²) in [5, 5.41) is 10.7. The molecule has 21 heavy (non-hydrogen) atoms. The van der Waals surface area contributed by atoms with Crippen LogP contribution in [0.2, 0.25) is 0 Å². The first-order valence-electron chi connectivity index (χ1n) is 6.81. The number of hydrogen-bond donors (Lipinski definition) is 0. The molecule has 0 radical (unpaired) electrons. The number of methoxy groups -OCH3 is 1. The van der Waals surface area contributed by atoms with E-state index in [9.17, 15) is 14.9 Å². The van der Waals surface area contributed by atoms with Gasteiger partial charge in [0.1, 0.15) is 18.4 Å². The molecule has 0 N–H and O–H groups in total. The number of hydrogen-bond acceptors (Lipinski definition) is 6. The van der Waals surface area contributed by atoms with E-state index in [1.807, 2.05) is 4.90 Å². The van der Waals surface area contributed by atoms with Gasteiger partial charge in [0.2, 0.25) is 0 Å². The number of carbonyl (C=O) groups is 1. The maximum Gasteiger partial charge on any atom is 0.323 e. The molecule has 1 aromatic rings. The van der Waals surface area contributed by atoms with Gasteiger partial charge in [0.05, 0.1) is 18.1 Å². The van der Waals surface area contributed by atoms with Crippen molar-refractivity contribution in [2.75, 3.05) is 26.8 Å². The summed E-state index contributed by atoms with van der Waals surface area (Å²) in [6, 6.07) is 5.86. The van der Waals surface area contributed by atoms with E-state index in [2.05, 4.69) is 0 Å². The molecule has 1 aromatic carbocycles. The van der Waals surface area contributed by atoms with Gasteiger partial charge in [0, 0.05) is 12.6 Å². The molecule has 0 saturated carbocycles. The minimum Gasteiger partial charge on any atom is -0.492 e. The number of rotatable bonds is 6. The van der Waals surface area contributed by atoms with Crippen LogP contribution in [0.15, 0.2) is 24.3 Å². The van der Waals surface area contributed by atoms with E-state index in [1.54, 1.807) is 12.1 Å². The Labute approximate surface area is 122 Å². The SMILES string of the molecule is COC(=O)C1CCCN1CCOc1cccc([N+](=O)[O-])c1. The Morgan fingerprint density at radius 1 is 1.52 bits per heavy atom. The second-order valence-corrected chi connectivity index (χ2v) is 4.82. The van der Waals surface area contributed by atoms with Crippen LogP contribution < -0.4 is 4.74 Å². The van der Waals surface area contributed by atoms with Gasteiger partial charge in [0.25, 0.3) is 5.69 Å². The van der Waals surface area contributed by atoms with E-state index in [0.717, 1.165) is 19.4 Å². The van der Waals surface area contributed by atoms with Crippen molar-refractivity contribution < 1.29 is 19.2 Å². The molecule has 1 heterocycles. The number of benzene rings is 1. The highest BCUT2D eigenvalue weighted by Gasteiger charge is 2.31.